The second-order valence-electron chi connectivity index (χ2n) is 4.24. The summed E-state index contributed by atoms with van der Waals surface area (Å²) in [6.07, 6.45) is 6.88. The summed E-state index contributed by atoms with van der Waals surface area (Å²) < 4.78 is 1.72. The number of hydrogen-bond donors (Lipinski definition) is 2. The van der Waals surface area contributed by atoms with Gasteiger partial charge >= 0.3 is 0 Å². The van der Waals surface area contributed by atoms with Crippen LogP contribution < -0.4 is 10.6 Å². The number of imidazole rings is 1. The highest BCUT2D eigenvalue weighted by Crippen LogP contribution is 2.19. The van der Waals surface area contributed by atoms with E-state index in [-0.39, 0.29) is 6.04 Å². The molecule has 3 aromatic rings. The fourth-order valence-electron chi connectivity index (χ4n) is 1.74. The molecule has 0 aliphatic heterocycles. The standard InChI is InChI=1S/C12H14N8S/c1-8(9-15-4-6-21-9)16-11-17-10(13-2)18-12(19-11)20-5-3-14-7-20/h3-8H,1-2H3,(H2,13,16,17,18,19). The predicted molar refractivity (Wildman–Crippen MR) is 80.6 cm³/mol. The normalized spacial score (nSPS) is 12.1. The number of nitrogens with zero attached hydrogens (tertiary/aromatic N) is 6. The van der Waals surface area contributed by atoms with Crippen molar-refractivity contribution in [1.29, 1.82) is 0 Å². The van der Waals surface area contributed by atoms with Crippen LogP contribution in [0.2, 0.25) is 0 Å². The lowest BCUT2D eigenvalue weighted by Crippen LogP contribution is -2.13. The van der Waals surface area contributed by atoms with Gasteiger partial charge in [0, 0.05) is 31.0 Å². The summed E-state index contributed by atoms with van der Waals surface area (Å²) >= 11 is 1.59. The molecule has 2 N–H and O–H groups in total. The third-order valence-electron chi connectivity index (χ3n) is 2.75. The Balaban J connectivity index is 1.89. The van der Waals surface area contributed by atoms with Gasteiger partial charge in [0.1, 0.15) is 11.3 Å². The molecule has 3 aromatic heterocycles. The van der Waals surface area contributed by atoms with E-state index < -0.39 is 0 Å². The molecule has 3 heterocycles. The quantitative estimate of drug-likeness (QED) is 0.741. The van der Waals surface area contributed by atoms with Crippen LogP contribution in [0, 0.1) is 0 Å². The lowest BCUT2D eigenvalue weighted by atomic mass is 10.4. The molecular weight excluding hydrogens is 288 g/mol. The first-order valence-electron chi connectivity index (χ1n) is 6.34. The van der Waals surface area contributed by atoms with Crippen LogP contribution in [0.15, 0.2) is 30.3 Å². The van der Waals surface area contributed by atoms with Crippen molar-refractivity contribution in [2.24, 2.45) is 0 Å². The van der Waals surface area contributed by atoms with E-state index >= 15 is 0 Å². The van der Waals surface area contributed by atoms with E-state index in [2.05, 4.69) is 35.6 Å². The van der Waals surface area contributed by atoms with Gasteiger partial charge in [-0.05, 0) is 6.92 Å². The van der Waals surface area contributed by atoms with E-state index in [9.17, 15) is 0 Å². The molecule has 108 valence electrons. The van der Waals surface area contributed by atoms with Crippen LogP contribution in [0.25, 0.3) is 5.95 Å². The summed E-state index contributed by atoms with van der Waals surface area (Å²) in [6, 6.07) is 0.0211. The Bertz CT molecular complexity index is 694. The fraction of sp³-hybridized carbons (Fsp3) is 0.250. The van der Waals surface area contributed by atoms with E-state index in [0.717, 1.165) is 5.01 Å². The molecule has 0 aliphatic rings. The zero-order valence-electron chi connectivity index (χ0n) is 11.6. The average Bonchev–Trinajstić information content (AvgIpc) is 3.19. The lowest BCUT2D eigenvalue weighted by Gasteiger charge is -2.12. The molecule has 0 radical (unpaired) electrons. The summed E-state index contributed by atoms with van der Waals surface area (Å²) in [5.41, 5.74) is 0. The minimum absolute atomic E-state index is 0.0211. The van der Waals surface area contributed by atoms with Crippen LogP contribution in [0.4, 0.5) is 11.9 Å². The Morgan fingerprint density at radius 1 is 1.19 bits per heavy atom. The zero-order chi connectivity index (χ0) is 14.7. The molecule has 0 amide bonds. The molecule has 0 saturated heterocycles. The van der Waals surface area contributed by atoms with Gasteiger partial charge < -0.3 is 10.6 Å². The Morgan fingerprint density at radius 3 is 2.71 bits per heavy atom. The van der Waals surface area contributed by atoms with Gasteiger partial charge in [0.15, 0.2) is 0 Å². The second-order valence-corrected chi connectivity index (χ2v) is 5.17. The highest BCUT2D eigenvalue weighted by Gasteiger charge is 2.12. The first-order valence-corrected chi connectivity index (χ1v) is 7.22. The van der Waals surface area contributed by atoms with Crippen LogP contribution in [-0.2, 0) is 0 Å². The minimum atomic E-state index is 0.0211. The van der Waals surface area contributed by atoms with Gasteiger partial charge in [0.05, 0.1) is 6.04 Å². The van der Waals surface area contributed by atoms with Crippen molar-refractivity contribution in [3.63, 3.8) is 0 Å². The third-order valence-corrected chi connectivity index (χ3v) is 3.71. The Hall–Kier alpha value is -2.55. The van der Waals surface area contributed by atoms with E-state index in [1.165, 1.54) is 0 Å². The molecule has 3 rings (SSSR count). The summed E-state index contributed by atoms with van der Waals surface area (Å²) in [5.74, 6) is 1.48. The van der Waals surface area contributed by atoms with Gasteiger partial charge in [0.2, 0.25) is 17.8 Å². The predicted octanol–water partition coefficient (Wildman–Crippen LogP) is 1.73. The monoisotopic (exact) mass is 302 g/mol. The Labute approximate surface area is 125 Å². The fourth-order valence-corrected chi connectivity index (χ4v) is 2.38. The van der Waals surface area contributed by atoms with Gasteiger partial charge in [0.25, 0.3) is 0 Å². The number of rotatable bonds is 5. The van der Waals surface area contributed by atoms with Crippen molar-refractivity contribution in [2.75, 3.05) is 17.7 Å². The van der Waals surface area contributed by atoms with Crippen LogP contribution in [0.1, 0.15) is 18.0 Å². The van der Waals surface area contributed by atoms with Crippen molar-refractivity contribution in [3.8, 4) is 5.95 Å². The van der Waals surface area contributed by atoms with E-state index in [0.29, 0.717) is 17.8 Å². The first-order chi connectivity index (χ1) is 10.3. The Morgan fingerprint density at radius 2 is 2.05 bits per heavy atom. The summed E-state index contributed by atoms with van der Waals surface area (Å²) in [7, 11) is 1.76. The summed E-state index contributed by atoms with van der Waals surface area (Å²) in [6.45, 7) is 2.01. The second kappa shape index (κ2) is 5.83. The van der Waals surface area contributed by atoms with Crippen molar-refractivity contribution >= 4 is 23.2 Å². The Kier molecular flexibility index (Phi) is 3.73. The van der Waals surface area contributed by atoms with Crippen LogP contribution in [0.3, 0.4) is 0 Å². The summed E-state index contributed by atoms with van der Waals surface area (Å²) in [5, 5.41) is 9.08. The molecule has 9 heteroatoms. The molecule has 0 fully saturated rings. The maximum absolute atomic E-state index is 4.40. The van der Waals surface area contributed by atoms with Gasteiger partial charge in [-0.3, -0.25) is 4.57 Å². The lowest BCUT2D eigenvalue weighted by molar-refractivity contribution is 0.827. The number of thiazole rings is 1. The van der Waals surface area contributed by atoms with Gasteiger partial charge in [-0.25, -0.2) is 9.97 Å². The SMILES string of the molecule is CNc1nc(NC(C)c2nccs2)nc(-n2ccnc2)n1. The molecule has 8 nitrogen and oxygen atoms in total. The number of aromatic nitrogens is 6. The topological polar surface area (TPSA) is 93.4 Å². The van der Waals surface area contributed by atoms with Crippen LogP contribution >= 0.6 is 11.3 Å². The largest absolute Gasteiger partial charge is 0.357 e. The molecule has 21 heavy (non-hydrogen) atoms. The maximum Gasteiger partial charge on any atom is 0.241 e. The number of nitrogens with one attached hydrogen (secondary N) is 2. The molecule has 1 unspecified atom stereocenters. The van der Waals surface area contributed by atoms with E-state index in [1.807, 2.05) is 12.3 Å². The van der Waals surface area contributed by atoms with Gasteiger partial charge in [-0.1, -0.05) is 0 Å². The number of anilines is 2. The van der Waals surface area contributed by atoms with Crippen LogP contribution in [-0.4, -0.2) is 36.5 Å². The molecule has 0 spiro atoms. The highest BCUT2D eigenvalue weighted by molar-refractivity contribution is 7.09. The van der Waals surface area contributed by atoms with E-state index in [4.69, 9.17) is 0 Å². The van der Waals surface area contributed by atoms with Gasteiger partial charge in [-0.2, -0.15) is 15.0 Å². The molecule has 0 saturated carbocycles. The van der Waals surface area contributed by atoms with Gasteiger partial charge in [-0.15, -0.1) is 11.3 Å². The molecule has 0 aromatic carbocycles. The third kappa shape index (κ3) is 2.97. The van der Waals surface area contributed by atoms with Crippen LogP contribution in [0.5, 0.6) is 0 Å². The van der Waals surface area contributed by atoms with E-state index in [1.54, 1.807) is 47.9 Å². The highest BCUT2D eigenvalue weighted by atomic mass is 32.1. The van der Waals surface area contributed by atoms with Crippen molar-refractivity contribution < 1.29 is 0 Å². The molecule has 0 aliphatic carbocycles. The molecule has 1 atom stereocenters. The zero-order valence-corrected chi connectivity index (χ0v) is 12.4. The molecular formula is C12H14N8S. The number of hydrogen-bond acceptors (Lipinski definition) is 8. The average molecular weight is 302 g/mol. The summed E-state index contributed by atoms with van der Waals surface area (Å²) in [4.78, 5) is 21.3. The maximum atomic E-state index is 4.40. The van der Waals surface area contributed by atoms with Crippen molar-refractivity contribution in [2.45, 2.75) is 13.0 Å². The smallest absolute Gasteiger partial charge is 0.241 e. The van der Waals surface area contributed by atoms with Crippen molar-refractivity contribution in [1.82, 2.24) is 29.5 Å². The first kappa shape index (κ1) is 13.4. The van der Waals surface area contributed by atoms with Crippen molar-refractivity contribution in [3.05, 3.63) is 35.3 Å². The minimum Gasteiger partial charge on any atom is -0.357 e. The molecule has 0 bridgehead atoms.